The Hall–Kier alpha value is -1.77. The highest BCUT2D eigenvalue weighted by Crippen LogP contribution is 1.85. The second-order valence-electron chi connectivity index (χ2n) is 2.40. The van der Waals surface area contributed by atoms with Crippen molar-refractivity contribution in [2.24, 2.45) is 16.5 Å². The lowest BCUT2D eigenvalue weighted by atomic mass is 10.3. The fourth-order valence-corrected chi connectivity index (χ4v) is 0.535. The van der Waals surface area contributed by atoms with Gasteiger partial charge in [0.15, 0.2) is 11.9 Å². The summed E-state index contributed by atoms with van der Waals surface area (Å²) in [6, 6.07) is 0. The van der Waals surface area contributed by atoms with E-state index in [1.54, 1.807) is 0 Å². The topological polar surface area (TPSA) is 164 Å². The molecule has 0 amide bonds. The molecule has 0 rings (SSSR count). The van der Waals surface area contributed by atoms with Crippen LogP contribution in [0.5, 0.6) is 0 Å². The third-order valence-corrected chi connectivity index (χ3v) is 1.06. The minimum atomic E-state index is -1.50. The number of nitrogens with two attached hydrogens (primary N) is 2. The Balaban J connectivity index is -0.000000292. The minimum absolute atomic E-state index is 0. The van der Waals surface area contributed by atoms with Crippen LogP contribution in [0, 0.1) is 15.5 Å². The third kappa shape index (κ3) is 29.5. The molecule has 0 bridgehead atoms. The van der Waals surface area contributed by atoms with Gasteiger partial charge in [0.1, 0.15) is 0 Å². The summed E-state index contributed by atoms with van der Waals surface area (Å²) in [6.45, 7) is 2.76. The van der Waals surface area contributed by atoms with Crippen LogP contribution >= 0.6 is 12.4 Å². The molecule has 16 heavy (non-hydrogen) atoms. The molecule has 10 heteroatoms. The van der Waals surface area contributed by atoms with Gasteiger partial charge in [0, 0.05) is 6.54 Å². The van der Waals surface area contributed by atoms with Crippen LogP contribution in [0.3, 0.4) is 0 Å². The Bertz CT molecular complexity index is 230. The Morgan fingerprint density at radius 3 is 2.38 bits per heavy atom. The monoisotopic (exact) mass is 256 g/mol. The van der Waals surface area contributed by atoms with Gasteiger partial charge in [-0.05, 0) is 6.42 Å². The van der Waals surface area contributed by atoms with Crippen LogP contribution in [0.15, 0.2) is 4.99 Å². The molecular formula is C6H17ClN6O3. The molecule has 0 aromatic heterocycles. The molecular weight excluding hydrogens is 240 g/mol. The fourth-order valence-electron chi connectivity index (χ4n) is 0.535. The van der Waals surface area contributed by atoms with E-state index in [1.807, 2.05) is 0 Å². The zero-order chi connectivity index (χ0) is 12.3. The van der Waals surface area contributed by atoms with Crippen molar-refractivity contribution in [1.82, 2.24) is 5.32 Å². The predicted molar refractivity (Wildman–Crippen MR) is 62.5 cm³/mol. The molecule has 0 aliphatic heterocycles. The molecule has 0 saturated heterocycles. The summed E-state index contributed by atoms with van der Waals surface area (Å²) in [5.74, 6) is 0.0358. The van der Waals surface area contributed by atoms with Gasteiger partial charge in [0.05, 0.1) is 0 Å². The zero-order valence-corrected chi connectivity index (χ0v) is 9.66. The molecule has 0 heterocycles. The first-order valence-electron chi connectivity index (χ1n) is 4.14. The summed E-state index contributed by atoms with van der Waals surface area (Å²) in [5, 5.41) is 22.8. The molecule has 0 aliphatic rings. The van der Waals surface area contributed by atoms with E-state index < -0.39 is 5.09 Å². The molecule has 96 valence electrons. The number of hydrogen-bond acceptors (Lipinski definition) is 4. The molecule has 7 N–H and O–H groups in total. The fraction of sp³-hybridized carbons (Fsp3) is 0.667. The summed E-state index contributed by atoms with van der Waals surface area (Å²) in [4.78, 5) is 12.3. The van der Waals surface area contributed by atoms with E-state index in [0.29, 0.717) is 6.54 Å². The first-order valence-corrected chi connectivity index (χ1v) is 4.14. The summed E-state index contributed by atoms with van der Waals surface area (Å²) >= 11 is 0. The van der Waals surface area contributed by atoms with Crippen molar-refractivity contribution in [2.45, 2.75) is 19.8 Å². The lowest BCUT2D eigenvalue weighted by Crippen LogP contribution is -2.40. The van der Waals surface area contributed by atoms with Crippen molar-refractivity contribution in [3.8, 4) is 0 Å². The molecule has 0 aromatic carbocycles. The number of hydrogen-bond donors (Lipinski definition) is 5. The highest BCUT2D eigenvalue weighted by atomic mass is 35.5. The van der Waals surface area contributed by atoms with Gasteiger partial charge in [-0.25, -0.2) is 0 Å². The van der Waals surface area contributed by atoms with E-state index in [9.17, 15) is 0 Å². The Kier molecular flexibility index (Phi) is 16.3. The van der Waals surface area contributed by atoms with E-state index in [2.05, 4.69) is 17.2 Å². The number of nitrogens with zero attached hydrogens (tertiary/aromatic N) is 2. The Labute approximate surface area is 98.9 Å². The van der Waals surface area contributed by atoms with Gasteiger partial charge in [-0.15, -0.1) is 22.5 Å². The van der Waals surface area contributed by atoms with E-state index in [1.165, 1.54) is 0 Å². The maximum atomic E-state index is 8.36. The van der Waals surface area contributed by atoms with Gasteiger partial charge in [-0.3, -0.25) is 15.7 Å². The van der Waals surface area contributed by atoms with Gasteiger partial charge in [0.2, 0.25) is 0 Å². The second kappa shape index (κ2) is 13.2. The van der Waals surface area contributed by atoms with E-state index >= 15 is 0 Å². The predicted octanol–water partition coefficient (Wildman–Crippen LogP) is -0.342. The molecule has 0 fully saturated rings. The average molecular weight is 257 g/mol. The van der Waals surface area contributed by atoms with E-state index in [0.717, 1.165) is 12.8 Å². The number of rotatable bonds is 3. The smallest absolute Gasteiger partial charge is 0.291 e. The first-order chi connectivity index (χ1) is 6.90. The van der Waals surface area contributed by atoms with Crippen LogP contribution in [-0.4, -0.2) is 28.8 Å². The van der Waals surface area contributed by atoms with Crippen molar-refractivity contribution >= 4 is 24.3 Å². The highest BCUT2D eigenvalue weighted by molar-refractivity contribution is 5.95. The number of guanidine groups is 2. The summed E-state index contributed by atoms with van der Waals surface area (Å²) in [5.41, 5.74) is 10.3. The molecule has 0 aromatic rings. The standard InChI is InChI=1S/C6H15N5.ClH.HNO3/c1-2-3-4-10-6(9)11-5(7)8;;2-1(3)4/h2-4H2,1H3,(H6,7,8,9,10,11);1H;(H,2,3,4). The van der Waals surface area contributed by atoms with Crippen LogP contribution in [0.1, 0.15) is 19.8 Å². The van der Waals surface area contributed by atoms with Crippen LogP contribution in [0.25, 0.3) is 0 Å². The quantitative estimate of drug-likeness (QED) is 0.152. The number of halogens is 1. The maximum Gasteiger partial charge on any atom is 0.291 e. The number of aliphatic imine (C=N–C) groups is 1. The molecule has 0 aliphatic carbocycles. The summed E-state index contributed by atoms with van der Waals surface area (Å²) in [6.07, 6.45) is 2.08. The van der Waals surface area contributed by atoms with Crippen molar-refractivity contribution in [3.05, 3.63) is 10.1 Å². The molecule has 0 radical (unpaired) electrons. The molecule has 0 atom stereocenters. The van der Waals surface area contributed by atoms with E-state index in [-0.39, 0.29) is 24.3 Å². The van der Waals surface area contributed by atoms with Gasteiger partial charge in [-0.1, -0.05) is 13.3 Å². The Morgan fingerprint density at radius 2 is 2.06 bits per heavy atom. The van der Waals surface area contributed by atoms with Crippen LogP contribution in [0.2, 0.25) is 0 Å². The third-order valence-electron chi connectivity index (χ3n) is 1.06. The van der Waals surface area contributed by atoms with Crippen molar-refractivity contribution in [2.75, 3.05) is 6.54 Å². The number of nitrogens with one attached hydrogen (secondary N) is 2. The van der Waals surface area contributed by atoms with Crippen molar-refractivity contribution in [3.63, 3.8) is 0 Å². The second-order valence-corrected chi connectivity index (χ2v) is 2.40. The van der Waals surface area contributed by atoms with Gasteiger partial charge in [-0.2, -0.15) is 0 Å². The highest BCUT2D eigenvalue weighted by Gasteiger charge is 1.90. The summed E-state index contributed by atoms with van der Waals surface area (Å²) < 4.78 is 0. The largest absolute Gasteiger partial charge is 0.370 e. The average Bonchev–Trinajstić information content (AvgIpc) is 2.02. The molecule has 0 saturated carbocycles. The van der Waals surface area contributed by atoms with Gasteiger partial charge in [0.25, 0.3) is 5.09 Å². The molecule has 0 unspecified atom stereocenters. The zero-order valence-electron chi connectivity index (χ0n) is 8.84. The lowest BCUT2D eigenvalue weighted by molar-refractivity contribution is -0.742. The van der Waals surface area contributed by atoms with E-state index in [4.69, 9.17) is 32.2 Å². The van der Waals surface area contributed by atoms with Crippen LogP contribution in [-0.2, 0) is 0 Å². The molecule has 9 nitrogen and oxygen atoms in total. The van der Waals surface area contributed by atoms with Crippen molar-refractivity contribution < 1.29 is 10.3 Å². The Morgan fingerprint density at radius 1 is 1.62 bits per heavy atom. The lowest BCUT2D eigenvalue weighted by Gasteiger charge is -2.00. The van der Waals surface area contributed by atoms with Gasteiger partial charge >= 0.3 is 0 Å². The molecule has 0 spiro atoms. The van der Waals surface area contributed by atoms with Crippen LogP contribution in [0.4, 0.5) is 0 Å². The summed E-state index contributed by atoms with van der Waals surface area (Å²) in [7, 11) is 0. The maximum absolute atomic E-state index is 8.36. The minimum Gasteiger partial charge on any atom is -0.370 e. The van der Waals surface area contributed by atoms with Crippen molar-refractivity contribution in [1.29, 1.82) is 5.41 Å². The SMILES string of the molecule is CCCCN=C(N)NC(=N)N.Cl.O=[N+]([O-])O. The van der Waals surface area contributed by atoms with Crippen LogP contribution < -0.4 is 16.8 Å². The first kappa shape index (κ1) is 19.7. The van der Waals surface area contributed by atoms with Gasteiger partial charge < -0.3 is 16.7 Å². The normalized spacial score (nSPS) is 9.19. The number of unbranched alkanes of at least 4 members (excludes halogenated alkanes) is 1.